The van der Waals surface area contributed by atoms with Gasteiger partial charge in [-0.3, -0.25) is 9.78 Å². The first-order chi connectivity index (χ1) is 9.16. The molecule has 0 fully saturated rings. The Kier molecular flexibility index (Phi) is 2.74. The van der Waals surface area contributed by atoms with Gasteiger partial charge in [-0.05, 0) is 31.2 Å². The number of fused-ring (bicyclic) bond motifs is 1. The molecule has 1 aromatic heterocycles. The summed E-state index contributed by atoms with van der Waals surface area (Å²) < 4.78 is 0. The van der Waals surface area contributed by atoms with Crippen molar-refractivity contribution >= 4 is 22.5 Å². The summed E-state index contributed by atoms with van der Waals surface area (Å²) in [5.74, 6) is -0.0186. The molecule has 96 valence electrons. The summed E-state index contributed by atoms with van der Waals surface area (Å²) in [5, 5.41) is 11.7. The number of benzene rings is 1. The minimum Gasteiger partial charge on any atom is -0.325 e. The molecule has 1 amide bonds. The van der Waals surface area contributed by atoms with Gasteiger partial charge >= 0.3 is 0 Å². The smallest absolute Gasteiger partial charge is 0.224 e. The van der Waals surface area contributed by atoms with Crippen molar-refractivity contribution in [1.29, 1.82) is 0 Å². The van der Waals surface area contributed by atoms with Crippen LogP contribution in [-0.4, -0.2) is 16.6 Å². The first-order valence-electron chi connectivity index (χ1n) is 6.24. The molecule has 2 heterocycles. The zero-order valence-electron chi connectivity index (χ0n) is 10.6. The lowest BCUT2D eigenvalue weighted by Gasteiger charge is -2.08. The molecule has 0 unspecified atom stereocenters. The molecule has 0 radical (unpaired) electrons. The predicted octanol–water partition coefficient (Wildman–Crippen LogP) is 3.14. The van der Waals surface area contributed by atoms with Gasteiger partial charge in [0.05, 0.1) is 11.2 Å². The summed E-state index contributed by atoms with van der Waals surface area (Å²) in [5.41, 5.74) is 1.35. The Labute approximate surface area is 110 Å². The van der Waals surface area contributed by atoms with Gasteiger partial charge in [0.2, 0.25) is 5.91 Å². The monoisotopic (exact) mass is 254 g/mol. The highest BCUT2D eigenvalue weighted by Crippen LogP contribution is 2.32. The number of rotatable bonds is 4. The summed E-state index contributed by atoms with van der Waals surface area (Å²) in [6.07, 6.45) is 2.81. The molecule has 3 rings (SSSR count). The summed E-state index contributed by atoms with van der Waals surface area (Å²) >= 11 is 0. The normalized spacial score (nSPS) is 15.4. The largest absolute Gasteiger partial charge is 0.325 e. The molecular formula is C14H14N4O. The van der Waals surface area contributed by atoms with E-state index >= 15 is 0 Å². The maximum absolute atomic E-state index is 11.9. The fraction of sp³-hybridized carbons (Fsp3) is 0.286. The van der Waals surface area contributed by atoms with E-state index in [1.54, 1.807) is 6.20 Å². The molecule has 5 heteroatoms. The second-order valence-electron chi connectivity index (χ2n) is 4.84. The van der Waals surface area contributed by atoms with Crippen LogP contribution in [0.25, 0.3) is 10.9 Å². The predicted molar refractivity (Wildman–Crippen MR) is 72.9 cm³/mol. The van der Waals surface area contributed by atoms with Crippen molar-refractivity contribution in [2.45, 2.75) is 25.4 Å². The number of hydrogen-bond acceptors (Lipinski definition) is 4. The van der Waals surface area contributed by atoms with E-state index in [4.69, 9.17) is 0 Å². The Morgan fingerprint density at radius 2 is 2.11 bits per heavy atom. The quantitative estimate of drug-likeness (QED) is 0.910. The Hall–Kier alpha value is -2.30. The molecule has 1 aliphatic heterocycles. The second kappa shape index (κ2) is 4.42. The van der Waals surface area contributed by atoms with E-state index < -0.39 is 0 Å². The lowest BCUT2D eigenvalue weighted by atomic mass is 10.1. The number of pyridine rings is 1. The van der Waals surface area contributed by atoms with Crippen molar-refractivity contribution in [2.75, 3.05) is 5.32 Å². The number of nitrogens with zero attached hydrogens (tertiary/aromatic N) is 3. The van der Waals surface area contributed by atoms with Gasteiger partial charge in [-0.1, -0.05) is 6.07 Å². The van der Waals surface area contributed by atoms with Gasteiger partial charge in [0.15, 0.2) is 5.66 Å². The maximum Gasteiger partial charge on any atom is 0.224 e. The molecule has 1 N–H and O–H groups in total. The lowest BCUT2D eigenvalue weighted by molar-refractivity contribution is -0.116. The summed E-state index contributed by atoms with van der Waals surface area (Å²) in [4.78, 5) is 16.2. The number of carbonyl (C=O) groups is 1. The van der Waals surface area contributed by atoms with Crippen LogP contribution in [0.2, 0.25) is 0 Å². The van der Waals surface area contributed by atoms with Crippen LogP contribution in [0, 0.1) is 0 Å². The fourth-order valence-electron chi connectivity index (χ4n) is 1.96. The zero-order chi connectivity index (χ0) is 13.3. The Morgan fingerprint density at radius 1 is 1.26 bits per heavy atom. The number of hydrogen-bond donors (Lipinski definition) is 1. The maximum atomic E-state index is 11.9. The van der Waals surface area contributed by atoms with Crippen LogP contribution in [0.5, 0.6) is 0 Å². The van der Waals surface area contributed by atoms with E-state index in [1.165, 1.54) is 0 Å². The van der Waals surface area contributed by atoms with Gasteiger partial charge in [0.1, 0.15) is 0 Å². The van der Waals surface area contributed by atoms with E-state index in [1.807, 2.05) is 37.3 Å². The first kappa shape index (κ1) is 11.8. The third-order valence-corrected chi connectivity index (χ3v) is 3.19. The van der Waals surface area contributed by atoms with Gasteiger partial charge < -0.3 is 5.32 Å². The molecule has 0 atom stereocenters. The SMILES string of the molecule is CC1(CCC(=O)Nc2cccc3ncccc23)N=N1. The molecule has 0 saturated carbocycles. The van der Waals surface area contributed by atoms with Crippen LogP contribution in [0.15, 0.2) is 46.8 Å². The molecule has 1 aromatic carbocycles. The molecule has 0 aliphatic carbocycles. The third-order valence-electron chi connectivity index (χ3n) is 3.19. The van der Waals surface area contributed by atoms with Gasteiger partial charge in [-0.25, -0.2) is 0 Å². The van der Waals surface area contributed by atoms with Crippen molar-refractivity contribution < 1.29 is 4.79 Å². The standard InChI is InChI=1S/C14H14N4O/c1-14(17-18-14)8-7-13(19)16-12-6-2-5-11-10(12)4-3-9-15-11/h2-6,9H,7-8H2,1H3,(H,16,19). The van der Waals surface area contributed by atoms with Crippen molar-refractivity contribution in [2.24, 2.45) is 10.2 Å². The van der Waals surface area contributed by atoms with Gasteiger partial charge in [0, 0.05) is 24.4 Å². The molecule has 0 saturated heterocycles. The first-order valence-corrected chi connectivity index (χ1v) is 6.24. The topological polar surface area (TPSA) is 66.7 Å². The Bertz CT molecular complexity index is 654. The van der Waals surface area contributed by atoms with E-state index in [0.29, 0.717) is 12.8 Å². The van der Waals surface area contributed by atoms with Crippen LogP contribution in [0.3, 0.4) is 0 Å². The average Bonchev–Trinajstić information content (AvgIpc) is 3.16. The zero-order valence-corrected chi connectivity index (χ0v) is 10.6. The van der Waals surface area contributed by atoms with Crippen molar-refractivity contribution in [3.8, 4) is 0 Å². The molecule has 2 aromatic rings. The van der Waals surface area contributed by atoms with E-state index in [2.05, 4.69) is 20.5 Å². The third kappa shape index (κ3) is 2.59. The van der Waals surface area contributed by atoms with Crippen LogP contribution in [-0.2, 0) is 4.79 Å². The van der Waals surface area contributed by atoms with E-state index in [9.17, 15) is 4.79 Å². The number of anilines is 1. The van der Waals surface area contributed by atoms with Gasteiger partial charge in [-0.2, -0.15) is 10.2 Å². The van der Waals surface area contributed by atoms with Crippen LogP contribution >= 0.6 is 0 Å². The minimum absolute atomic E-state index is 0.0186. The Morgan fingerprint density at radius 3 is 2.89 bits per heavy atom. The van der Waals surface area contributed by atoms with E-state index in [-0.39, 0.29) is 11.6 Å². The lowest BCUT2D eigenvalue weighted by Crippen LogP contribution is -2.15. The number of aromatic nitrogens is 1. The molecule has 0 spiro atoms. The van der Waals surface area contributed by atoms with Crippen molar-refractivity contribution in [3.63, 3.8) is 0 Å². The number of amides is 1. The summed E-state index contributed by atoms with van der Waals surface area (Å²) in [6.45, 7) is 1.92. The van der Waals surface area contributed by atoms with Crippen LogP contribution in [0.1, 0.15) is 19.8 Å². The van der Waals surface area contributed by atoms with Crippen LogP contribution < -0.4 is 5.32 Å². The molecule has 5 nitrogen and oxygen atoms in total. The Balaban J connectivity index is 1.72. The average molecular weight is 254 g/mol. The highest BCUT2D eigenvalue weighted by Gasteiger charge is 2.33. The summed E-state index contributed by atoms with van der Waals surface area (Å²) in [6, 6.07) is 9.51. The highest BCUT2D eigenvalue weighted by molar-refractivity contribution is 6.00. The number of nitrogens with one attached hydrogen (secondary N) is 1. The molecular weight excluding hydrogens is 240 g/mol. The van der Waals surface area contributed by atoms with Gasteiger partial charge in [0.25, 0.3) is 0 Å². The molecule has 19 heavy (non-hydrogen) atoms. The second-order valence-corrected chi connectivity index (χ2v) is 4.84. The summed E-state index contributed by atoms with van der Waals surface area (Å²) in [7, 11) is 0. The van der Waals surface area contributed by atoms with Crippen molar-refractivity contribution in [3.05, 3.63) is 36.5 Å². The van der Waals surface area contributed by atoms with Crippen molar-refractivity contribution in [1.82, 2.24) is 4.98 Å². The van der Waals surface area contributed by atoms with Gasteiger partial charge in [-0.15, -0.1) is 0 Å². The molecule has 1 aliphatic rings. The molecule has 0 bridgehead atoms. The number of carbonyl (C=O) groups excluding carboxylic acids is 1. The van der Waals surface area contributed by atoms with E-state index in [0.717, 1.165) is 16.6 Å². The highest BCUT2D eigenvalue weighted by atomic mass is 16.1. The minimum atomic E-state index is -0.322. The van der Waals surface area contributed by atoms with Crippen LogP contribution in [0.4, 0.5) is 5.69 Å². The fourth-order valence-corrected chi connectivity index (χ4v) is 1.96.